The molecule has 2 aromatic rings. The van der Waals surface area contributed by atoms with Crippen molar-refractivity contribution in [3.05, 3.63) is 71.6 Å². The topological polar surface area (TPSA) is 95.9 Å². The summed E-state index contributed by atoms with van der Waals surface area (Å²) in [6.07, 6.45) is 2.09. The molecular formula is C21H20F3NO5. The summed E-state index contributed by atoms with van der Waals surface area (Å²) in [5, 5.41) is 18.8. The molecule has 1 aliphatic heterocycles. The molecule has 0 radical (unpaired) electrons. The molecule has 0 aliphatic carbocycles. The lowest BCUT2D eigenvalue weighted by Crippen LogP contribution is -2.16. The highest BCUT2D eigenvalue weighted by Crippen LogP contribution is 2.28. The summed E-state index contributed by atoms with van der Waals surface area (Å²) in [7, 11) is 0. The predicted octanol–water partition coefficient (Wildman–Crippen LogP) is 3.36. The van der Waals surface area contributed by atoms with E-state index in [2.05, 4.69) is 5.32 Å². The molecule has 2 aromatic carbocycles. The van der Waals surface area contributed by atoms with Crippen molar-refractivity contribution in [3.63, 3.8) is 0 Å². The lowest BCUT2D eigenvalue weighted by molar-refractivity contribution is -0.134. The Hall–Kier alpha value is -3.17. The van der Waals surface area contributed by atoms with Crippen molar-refractivity contribution in [1.29, 1.82) is 0 Å². The largest absolute Gasteiger partial charge is 0.478 e. The van der Waals surface area contributed by atoms with Gasteiger partial charge in [-0.3, -0.25) is 0 Å². The average Bonchev–Trinajstić information content (AvgIpc) is 3.20. The fourth-order valence-corrected chi connectivity index (χ4v) is 2.77. The zero-order valence-corrected chi connectivity index (χ0v) is 15.8. The van der Waals surface area contributed by atoms with Crippen molar-refractivity contribution in [1.82, 2.24) is 5.32 Å². The van der Waals surface area contributed by atoms with Crippen LogP contribution in [0, 0.1) is 17.5 Å². The number of ether oxygens (including phenoxy) is 1. The summed E-state index contributed by atoms with van der Waals surface area (Å²) in [6, 6.07) is 7.46. The van der Waals surface area contributed by atoms with Gasteiger partial charge in [-0.05, 0) is 48.4 Å². The monoisotopic (exact) mass is 423 g/mol. The van der Waals surface area contributed by atoms with Gasteiger partial charge in [0.15, 0.2) is 0 Å². The molecule has 0 aromatic heterocycles. The zero-order valence-electron chi connectivity index (χ0n) is 15.8. The number of aliphatic carboxylic acids is 2. The average molecular weight is 423 g/mol. The number of benzene rings is 2. The number of carbonyl (C=O) groups is 2. The summed E-state index contributed by atoms with van der Waals surface area (Å²) in [5.74, 6) is -4.23. The molecule has 1 fully saturated rings. The first-order valence-electron chi connectivity index (χ1n) is 8.96. The van der Waals surface area contributed by atoms with Crippen molar-refractivity contribution in [2.24, 2.45) is 0 Å². The maximum absolute atomic E-state index is 14.0. The highest BCUT2D eigenvalue weighted by molar-refractivity contribution is 5.89. The van der Waals surface area contributed by atoms with Gasteiger partial charge in [-0.25, -0.2) is 22.8 Å². The SMILES string of the molecule is Fc1ccc(-c2ccc(F)cc2COC2CCNC2)c(F)c1.O=C(O)C=CC(=O)O. The summed E-state index contributed by atoms with van der Waals surface area (Å²) in [6.45, 7) is 1.85. The van der Waals surface area contributed by atoms with Crippen molar-refractivity contribution in [2.45, 2.75) is 19.1 Å². The van der Waals surface area contributed by atoms with Crippen LogP contribution in [0.5, 0.6) is 0 Å². The molecule has 30 heavy (non-hydrogen) atoms. The van der Waals surface area contributed by atoms with E-state index in [-0.39, 0.29) is 18.3 Å². The van der Waals surface area contributed by atoms with Crippen LogP contribution in [0.1, 0.15) is 12.0 Å². The number of rotatable bonds is 6. The first-order chi connectivity index (χ1) is 14.3. The molecule has 0 saturated carbocycles. The molecule has 1 unspecified atom stereocenters. The second-order valence-electron chi connectivity index (χ2n) is 6.36. The zero-order chi connectivity index (χ0) is 22.1. The number of carboxylic acids is 2. The first-order valence-corrected chi connectivity index (χ1v) is 8.96. The van der Waals surface area contributed by atoms with Crippen molar-refractivity contribution in [3.8, 4) is 11.1 Å². The van der Waals surface area contributed by atoms with Gasteiger partial charge < -0.3 is 20.3 Å². The molecular weight excluding hydrogens is 403 g/mol. The Morgan fingerprint density at radius 2 is 1.60 bits per heavy atom. The van der Waals surface area contributed by atoms with E-state index in [4.69, 9.17) is 14.9 Å². The summed E-state index contributed by atoms with van der Waals surface area (Å²) in [5.41, 5.74) is 1.31. The van der Waals surface area contributed by atoms with E-state index in [1.54, 1.807) is 0 Å². The van der Waals surface area contributed by atoms with Crippen LogP contribution in [0.15, 0.2) is 48.6 Å². The number of hydrogen-bond acceptors (Lipinski definition) is 4. The maximum Gasteiger partial charge on any atom is 0.328 e. The van der Waals surface area contributed by atoms with Gasteiger partial charge in [-0.15, -0.1) is 0 Å². The standard InChI is InChI=1S/C17H16F3NO.C4H4O4/c18-12-1-3-15(16-4-2-13(19)8-17(16)20)11(7-12)10-22-14-5-6-21-9-14;5-3(6)1-2-4(7)8/h1-4,7-8,14,21H,5-6,9-10H2;1-2H,(H,5,6)(H,7,8). The van der Waals surface area contributed by atoms with E-state index in [1.807, 2.05) is 0 Å². The van der Waals surface area contributed by atoms with Gasteiger partial charge in [-0.2, -0.15) is 0 Å². The van der Waals surface area contributed by atoms with Gasteiger partial charge in [0.05, 0.1) is 12.7 Å². The molecule has 3 N–H and O–H groups in total. The summed E-state index contributed by atoms with van der Waals surface area (Å²) in [4.78, 5) is 19.1. The minimum absolute atomic E-state index is 0.0779. The molecule has 3 rings (SSSR count). The van der Waals surface area contributed by atoms with E-state index < -0.39 is 29.4 Å². The number of hydrogen-bond donors (Lipinski definition) is 3. The lowest BCUT2D eigenvalue weighted by atomic mass is 9.99. The van der Waals surface area contributed by atoms with Gasteiger partial charge in [-0.1, -0.05) is 6.07 Å². The molecule has 1 atom stereocenters. The predicted molar refractivity (Wildman–Crippen MR) is 102 cm³/mol. The molecule has 1 heterocycles. The van der Waals surface area contributed by atoms with Crippen molar-refractivity contribution in [2.75, 3.05) is 13.1 Å². The second-order valence-corrected chi connectivity index (χ2v) is 6.36. The molecule has 0 spiro atoms. The molecule has 160 valence electrons. The number of halogens is 3. The van der Waals surface area contributed by atoms with E-state index >= 15 is 0 Å². The lowest BCUT2D eigenvalue weighted by Gasteiger charge is -2.14. The van der Waals surface area contributed by atoms with Crippen LogP contribution in [0.25, 0.3) is 11.1 Å². The van der Waals surface area contributed by atoms with E-state index in [0.717, 1.165) is 25.6 Å². The third-order valence-corrected chi connectivity index (χ3v) is 4.15. The van der Waals surface area contributed by atoms with E-state index in [1.165, 1.54) is 30.3 Å². The minimum Gasteiger partial charge on any atom is -0.478 e. The van der Waals surface area contributed by atoms with Gasteiger partial charge >= 0.3 is 11.9 Å². The fraction of sp³-hybridized carbons (Fsp3) is 0.238. The van der Waals surface area contributed by atoms with Crippen molar-refractivity contribution >= 4 is 11.9 Å². The van der Waals surface area contributed by atoms with Gasteiger partial charge in [0, 0.05) is 30.3 Å². The van der Waals surface area contributed by atoms with Gasteiger partial charge in [0.2, 0.25) is 0 Å². The highest BCUT2D eigenvalue weighted by Gasteiger charge is 2.17. The minimum atomic E-state index is -1.26. The highest BCUT2D eigenvalue weighted by atomic mass is 19.1. The third kappa shape index (κ3) is 7.34. The second kappa shape index (κ2) is 11.1. The maximum atomic E-state index is 14.0. The van der Waals surface area contributed by atoms with Crippen LogP contribution in [0.3, 0.4) is 0 Å². The molecule has 0 bridgehead atoms. The first kappa shape index (κ1) is 23.1. The van der Waals surface area contributed by atoms with Crippen LogP contribution >= 0.6 is 0 Å². The summed E-state index contributed by atoms with van der Waals surface area (Å²) < 4.78 is 46.3. The molecule has 9 heteroatoms. The van der Waals surface area contributed by atoms with Gasteiger partial charge in [0.1, 0.15) is 17.5 Å². The Labute approximate surface area is 170 Å². The quantitative estimate of drug-likeness (QED) is 0.617. The number of nitrogens with one attached hydrogen (secondary N) is 1. The molecule has 0 amide bonds. The Bertz CT molecular complexity index is 911. The van der Waals surface area contributed by atoms with Crippen LogP contribution < -0.4 is 5.32 Å². The smallest absolute Gasteiger partial charge is 0.328 e. The van der Waals surface area contributed by atoms with Gasteiger partial charge in [0.25, 0.3) is 0 Å². The number of carboxylic acid groups (broad SMARTS) is 2. The Morgan fingerprint density at radius 3 is 2.13 bits per heavy atom. The van der Waals surface area contributed by atoms with E-state index in [9.17, 15) is 22.8 Å². The normalized spacial score (nSPS) is 15.6. The Balaban J connectivity index is 0.000000343. The Morgan fingerprint density at radius 1 is 1.00 bits per heavy atom. The molecule has 6 nitrogen and oxygen atoms in total. The van der Waals surface area contributed by atoms with Crippen LogP contribution in [0.2, 0.25) is 0 Å². The van der Waals surface area contributed by atoms with Crippen molar-refractivity contribution < 1.29 is 37.7 Å². The molecule has 1 aliphatic rings. The molecule has 1 saturated heterocycles. The third-order valence-electron chi connectivity index (χ3n) is 4.15. The van der Waals surface area contributed by atoms with Crippen LogP contribution in [-0.4, -0.2) is 41.3 Å². The van der Waals surface area contributed by atoms with Crippen LogP contribution in [0.4, 0.5) is 13.2 Å². The Kier molecular flexibility index (Phi) is 8.57. The van der Waals surface area contributed by atoms with Crippen LogP contribution in [-0.2, 0) is 20.9 Å². The summed E-state index contributed by atoms with van der Waals surface area (Å²) >= 11 is 0. The van der Waals surface area contributed by atoms with E-state index in [0.29, 0.717) is 23.3 Å². The fourth-order valence-electron chi connectivity index (χ4n) is 2.77.